The lowest BCUT2D eigenvalue weighted by molar-refractivity contribution is 0.101. The predicted octanol–water partition coefficient (Wildman–Crippen LogP) is 1.82. The van der Waals surface area contributed by atoms with Crippen LogP contribution in [0.5, 0.6) is 0 Å². The molecule has 0 aromatic heterocycles. The predicted molar refractivity (Wildman–Crippen MR) is 60.3 cm³/mol. The van der Waals surface area contributed by atoms with Crippen LogP contribution >= 0.6 is 0 Å². The fraction of sp³-hybridized carbons (Fsp3) is 0.917. The number of nitrogens with zero attached hydrogens (tertiary/aromatic N) is 1. The molecule has 1 aliphatic rings. The molecular formula is C12H22N2O. The standard InChI is InChI=1S/C12H22N2O/c13-7-2-1-3-8-14-10-11-5-4-6-12(15)9-11/h11-12,14-15H,1-6,8-10H2. The monoisotopic (exact) mass is 210 g/mol. The summed E-state index contributed by atoms with van der Waals surface area (Å²) >= 11 is 0. The SMILES string of the molecule is N#CCCCCNCC1CCCC(O)C1. The minimum Gasteiger partial charge on any atom is -0.393 e. The van der Waals surface area contributed by atoms with E-state index in [0.717, 1.165) is 38.8 Å². The first-order chi connectivity index (χ1) is 7.33. The van der Waals surface area contributed by atoms with Gasteiger partial charge in [-0.15, -0.1) is 0 Å². The normalized spacial score (nSPS) is 26.1. The molecule has 0 aliphatic heterocycles. The average molecular weight is 210 g/mol. The molecular weight excluding hydrogens is 188 g/mol. The second-order valence-electron chi connectivity index (χ2n) is 4.51. The van der Waals surface area contributed by atoms with E-state index < -0.39 is 0 Å². The van der Waals surface area contributed by atoms with E-state index in [1.54, 1.807) is 0 Å². The summed E-state index contributed by atoms with van der Waals surface area (Å²) in [6, 6.07) is 2.15. The highest BCUT2D eigenvalue weighted by atomic mass is 16.3. The van der Waals surface area contributed by atoms with Gasteiger partial charge in [-0.2, -0.15) is 5.26 Å². The zero-order valence-electron chi connectivity index (χ0n) is 9.41. The van der Waals surface area contributed by atoms with E-state index in [1.807, 2.05) is 0 Å². The van der Waals surface area contributed by atoms with Crippen LogP contribution in [0.3, 0.4) is 0 Å². The number of nitriles is 1. The van der Waals surface area contributed by atoms with E-state index in [-0.39, 0.29) is 6.10 Å². The Balaban J connectivity index is 1.93. The van der Waals surface area contributed by atoms with Crippen molar-refractivity contribution in [1.82, 2.24) is 5.32 Å². The first-order valence-corrected chi connectivity index (χ1v) is 6.08. The number of unbranched alkanes of at least 4 members (excludes halogenated alkanes) is 2. The van der Waals surface area contributed by atoms with Crippen LogP contribution in [0.1, 0.15) is 44.9 Å². The molecule has 0 aromatic carbocycles. The maximum Gasteiger partial charge on any atom is 0.0621 e. The Hall–Kier alpha value is -0.590. The Labute approximate surface area is 92.5 Å². The molecule has 2 atom stereocenters. The fourth-order valence-corrected chi connectivity index (χ4v) is 2.21. The van der Waals surface area contributed by atoms with Gasteiger partial charge in [0.1, 0.15) is 0 Å². The molecule has 86 valence electrons. The van der Waals surface area contributed by atoms with Crippen LogP contribution in [0.15, 0.2) is 0 Å². The van der Waals surface area contributed by atoms with Crippen molar-refractivity contribution in [2.75, 3.05) is 13.1 Å². The van der Waals surface area contributed by atoms with Crippen LogP contribution in [-0.2, 0) is 0 Å². The Morgan fingerprint density at radius 3 is 2.93 bits per heavy atom. The van der Waals surface area contributed by atoms with E-state index in [1.165, 1.54) is 12.8 Å². The second kappa shape index (κ2) is 7.67. The maximum atomic E-state index is 9.49. The third kappa shape index (κ3) is 5.76. The van der Waals surface area contributed by atoms with Gasteiger partial charge in [0.15, 0.2) is 0 Å². The number of aliphatic hydroxyl groups is 1. The molecule has 0 radical (unpaired) electrons. The topological polar surface area (TPSA) is 56.0 Å². The van der Waals surface area contributed by atoms with Gasteiger partial charge in [0, 0.05) is 6.42 Å². The van der Waals surface area contributed by atoms with Crippen LogP contribution < -0.4 is 5.32 Å². The van der Waals surface area contributed by atoms with Gasteiger partial charge in [-0.25, -0.2) is 0 Å². The largest absolute Gasteiger partial charge is 0.393 e. The number of hydrogen-bond donors (Lipinski definition) is 2. The molecule has 3 heteroatoms. The zero-order chi connectivity index (χ0) is 10.9. The minimum absolute atomic E-state index is 0.0656. The molecule has 2 unspecified atom stereocenters. The lowest BCUT2D eigenvalue weighted by Gasteiger charge is -2.25. The molecule has 1 rings (SSSR count). The molecule has 3 nitrogen and oxygen atoms in total. The van der Waals surface area contributed by atoms with E-state index in [0.29, 0.717) is 12.3 Å². The molecule has 0 bridgehead atoms. The highest BCUT2D eigenvalue weighted by Crippen LogP contribution is 2.23. The van der Waals surface area contributed by atoms with E-state index in [4.69, 9.17) is 5.26 Å². The highest BCUT2D eigenvalue weighted by Gasteiger charge is 2.19. The number of nitrogens with one attached hydrogen (secondary N) is 1. The third-order valence-electron chi connectivity index (χ3n) is 3.08. The number of hydrogen-bond acceptors (Lipinski definition) is 3. The molecule has 0 saturated heterocycles. The van der Waals surface area contributed by atoms with Gasteiger partial charge in [-0.1, -0.05) is 6.42 Å². The quantitative estimate of drug-likeness (QED) is 0.657. The van der Waals surface area contributed by atoms with Gasteiger partial charge in [-0.05, 0) is 51.1 Å². The Morgan fingerprint density at radius 1 is 1.33 bits per heavy atom. The van der Waals surface area contributed by atoms with Gasteiger partial charge >= 0.3 is 0 Å². The summed E-state index contributed by atoms with van der Waals surface area (Å²) in [5, 5.41) is 21.3. The summed E-state index contributed by atoms with van der Waals surface area (Å²) in [5.41, 5.74) is 0. The summed E-state index contributed by atoms with van der Waals surface area (Å²) in [7, 11) is 0. The van der Waals surface area contributed by atoms with Crippen LogP contribution in [-0.4, -0.2) is 24.3 Å². The van der Waals surface area contributed by atoms with E-state index in [9.17, 15) is 5.11 Å². The van der Waals surface area contributed by atoms with Gasteiger partial charge in [-0.3, -0.25) is 0 Å². The van der Waals surface area contributed by atoms with E-state index in [2.05, 4.69) is 11.4 Å². The molecule has 0 heterocycles. The van der Waals surface area contributed by atoms with Gasteiger partial charge in [0.25, 0.3) is 0 Å². The van der Waals surface area contributed by atoms with Crippen molar-refractivity contribution in [3.05, 3.63) is 0 Å². The Bertz CT molecular complexity index is 200. The molecule has 0 amide bonds. The molecule has 2 N–H and O–H groups in total. The van der Waals surface area contributed by atoms with E-state index >= 15 is 0 Å². The van der Waals surface area contributed by atoms with Crippen molar-refractivity contribution >= 4 is 0 Å². The van der Waals surface area contributed by atoms with Gasteiger partial charge < -0.3 is 10.4 Å². The molecule has 0 spiro atoms. The summed E-state index contributed by atoms with van der Waals surface area (Å²) in [6.07, 6.45) is 7.06. The van der Waals surface area contributed by atoms with Gasteiger partial charge in [0.05, 0.1) is 12.2 Å². The Kier molecular flexibility index (Phi) is 6.38. The number of aliphatic hydroxyl groups excluding tert-OH is 1. The lowest BCUT2D eigenvalue weighted by Crippen LogP contribution is -2.29. The average Bonchev–Trinajstić information content (AvgIpc) is 2.23. The van der Waals surface area contributed by atoms with Gasteiger partial charge in [0.2, 0.25) is 0 Å². The zero-order valence-corrected chi connectivity index (χ0v) is 9.41. The smallest absolute Gasteiger partial charge is 0.0621 e. The van der Waals surface area contributed by atoms with Crippen molar-refractivity contribution in [2.24, 2.45) is 5.92 Å². The van der Waals surface area contributed by atoms with Crippen LogP contribution in [0, 0.1) is 17.2 Å². The van der Waals surface area contributed by atoms with Crippen molar-refractivity contribution in [1.29, 1.82) is 5.26 Å². The molecule has 15 heavy (non-hydrogen) atoms. The number of rotatable bonds is 6. The fourth-order valence-electron chi connectivity index (χ4n) is 2.21. The summed E-state index contributed by atoms with van der Waals surface area (Å²) in [6.45, 7) is 2.04. The maximum absolute atomic E-state index is 9.49. The van der Waals surface area contributed by atoms with Crippen LogP contribution in [0.4, 0.5) is 0 Å². The first-order valence-electron chi connectivity index (χ1n) is 6.08. The second-order valence-corrected chi connectivity index (χ2v) is 4.51. The van der Waals surface area contributed by atoms with Crippen LogP contribution in [0.25, 0.3) is 0 Å². The van der Waals surface area contributed by atoms with Crippen LogP contribution in [0.2, 0.25) is 0 Å². The third-order valence-corrected chi connectivity index (χ3v) is 3.08. The molecule has 1 aliphatic carbocycles. The molecule has 1 saturated carbocycles. The summed E-state index contributed by atoms with van der Waals surface area (Å²) in [4.78, 5) is 0. The van der Waals surface area contributed by atoms with Crippen molar-refractivity contribution < 1.29 is 5.11 Å². The molecule has 1 fully saturated rings. The highest BCUT2D eigenvalue weighted by molar-refractivity contribution is 4.74. The summed E-state index contributed by atoms with van der Waals surface area (Å²) in [5.74, 6) is 0.657. The summed E-state index contributed by atoms with van der Waals surface area (Å²) < 4.78 is 0. The lowest BCUT2D eigenvalue weighted by atomic mass is 9.87. The molecule has 0 aromatic rings. The Morgan fingerprint density at radius 2 is 2.20 bits per heavy atom. The minimum atomic E-state index is -0.0656. The van der Waals surface area contributed by atoms with Crippen molar-refractivity contribution in [3.8, 4) is 6.07 Å². The van der Waals surface area contributed by atoms with Crippen molar-refractivity contribution in [2.45, 2.75) is 51.0 Å². The van der Waals surface area contributed by atoms with Crippen molar-refractivity contribution in [3.63, 3.8) is 0 Å². The first kappa shape index (κ1) is 12.5.